The lowest BCUT2D eigenvalue weighted by atomic mass is 10.3. The van der Waals surface area contributed by atoms with E-state index in [1.165, 1.54) is 14.0 Å². The lowest BCUT2D eigenvalue weighted by molar-refractivity contribution is -0.124. The summed E-state index contributed by atoms with van der Waals surface area (Å²) in [5.41, 5.74) is 0. The second kappa shape index (κ2) is 19.7. The molecule has 0 saturated carbocycles. The fourth-order valence-electron chi connectivity index (χ4n) is 2.50. The van der Waals surface area contributed by atoms with Gasteiger partial charge in [-0.15, -0.1) is 0 Å². The van der Waals surface area contributed by atoms with Gasteiger partial charge in [0, 0.05) is 91.8 Å². The van der Waals surface area contributed by atoms with Crippen molar-refractivity contribution in [3.8, 4) is 0 Å². The Balaban J connectivity index is 3.69. The van der Waals surface area contributed by atoms with Crippen molar-refractivity contribution in [3.63, 3.8) is 0 Å². The zero-order valence-corrected chi connectivity index (χ0v) is 20.3. The molecule has 0 radical (unpaired) electrons. The van der Waals surface area contributed by atoms with E-state index in [-0.39, 0.29) is 119 Å². The summed E-state index contributed by atoms with van der Waals surface area (Å²) in [5, 5.41) is 17.7. The van der Waals surface area contributed by atoms with Crippen molar-refractivity contribution >= 4 is 41.4 Å². The van der Waals surface area contributed by atoms with Crippen LogP contribution < -0.4 is 37.2 Å². The molecule has 0 spiro atoms. The average molecular weight is 500 g/mol. The molecule has 0 aliphatic carbocycles. The van der Waals surface area contributed by atoms with Crippen LogP contribution in [0.2, 0.25) is 0 Å². The van der Waals surface area contributed by atoms with Gasteiger partial charge >= 0.3 is 0 Å². The molecular weight excluding hydrogens is 462 g/mol. The Bertz CT molecular complexity index is 744. The molecule has 0 aliphatic heterocycles. The molecule has 0 rings (SSSR count). The molecule has 0 aromatic heterocycles. The van der Waals surface area contributed by atoms with E-state index in [0.29, 0.717) is 0 Å². The summed E-state index contributed by atoms with van der Waals surface area (Å²) in [5.74, 6) is -1.95. The Hall–Kier alpha value is -3.71. The fraction of sp³-hybridized carbons (Fsp3) is 0.667. The zero-order chi connectivity index (χ0) is 26.5. The Morgan fingerprint density at radius 1 is 0.400 bits per heavy atom. The maximum atomic E-state index is 11.8. The van der Waals surface area contributed by atoms with Crippen LogP contribution in [0.25, 0.3) is 0 Å². The molecule has 0 saturated heterocycles. The van der Waals surface area contributed by atoms with Gasteiger partial charge in [-0.05, 0) is 0 Å². The van der Waals surface area contributed by atoms with Gasteiger partial charge in [0.15, 0.2) is 0 Å². The van der Waals surface area contributed by atoms with Crippen molar-refractivity contribution in [3.05, 3.63) is 0 Å². The predicted octanol–water partition coefficient (Wildman–Crippen LogP) is -3.21. The largest absolute Gasteiger partial charge is 0.359 e. The zero-order valence-electron chi connectivity index (χ0n) is 20.3. The van der Waals surface area contributed by atoms with Crippen molar-refractivity contribution in [1.29, 1.82) is 0 Å². The van der Waals surface area contributed by atoms with E-state index in [0.717, 1.165) is 0 Å². The average Bonchev–Trinajstić information content (AvgIpc) is 2.78. The third-order valence-corrected chi connectivity index (χ3v) is 4.38. The van der Waals surface area contributed by atoms with Crippen LogP contribution in [0.1, 0.15) is 45.4 Å². The van der Waals surface area contributed by atoms with Crippen LogP contribution in [0.5, 0.6) is 0 Å². The monoisotopic (exact) mass is 499 g/mol. The number of hydrogen-bond donors (Lipinski definition) is 7. The quantitative estimate of drug-likeness (QED) is 0.103. The second-order valence-corrected chi connectivity index (χ2v) is 7.41. The molecule has 35 heavy (non-hydrogen) atoms. The molecule has 14 heteroatoms. The minimum absolute atomic E-state index is 0.0344. The molecule has 0 atom stereocenters. The molecule has 0 heterocycles. The van der Waals surface area contributed by atoms with Crippen molar-refractivity contribution in [2.24, 2.45) is 0 Å². The van der Waals surface area contributed by atoms with Gasteiger partial charge in [0.05, 0.1) is 0 Å². The molecule has 198 valence electrons. The summed E-state index contributed by atoms with van der Waals surface area (Å²) in [6, 6.07) is 0. The van der Waals surface area contributed by atoms with Gasteiger partial charge < -0.3 is 37.2 Å². The van der Waals surface area contributed by atoms with Crippen LogP contribution in [-0.4, -0.2) is 87.7 Å². The molecule has 14 nitrogen and oxygen atoms in total. The first-order valence-electron chi connectivity index (χ1n) is 11.4. The van der Waals surface area contributed by atoms with Crippen molar-refractivity contribution in [1.82, 2.24) is 37.2 Å². The fourth-order valence-corrected chi connectivity index (χ4v) is 2.50. The Labute approximate surface area is 204 Å². The molecule has 0 bridgehead atoms. The topological polar surface area (TPSA) is 204 Å². The summed E-state index contributed by atoms with van der Waals surface area (Å²) in [7, 11) is 1.51. The minimum Gasteiger partial charge on any atom is -0.359 e. The van der Waals surface area contributed by atoms with Crippen LogP contribution in [0.15, 0.2) is 0 Å². The number of nitrogens with one attached hydrogen (secondary N) is 7. The lowest BCUT2D eigenvalue weighted by Gasteiger charge is -2.08. The third kappa shape index (κ3) is 20.6. The van der Waals surface area contributed by atoms with Gasteiger partial charge in [-0.2, -0.15) is 0 Å². The van der Waals surface area contributed by atoms with E-state index in [4.69, 9.17) is 0 Å². The highest BCUT2D eigenvalue weighted by Crippen LogP contribution is 1.86. The lowest BCUT2D eigenvalue weighted by Crippen LogP contribution is -2.36. The molecule has 0 aromatic rings. The summed E-state index contributed by atoms with van der Waals surface area (Å²) in [4.78, 5) is 80.1. The number of hydrogen-bond acceptors (Lipinski definition) is 7. The molecule has 0 aromatic carbocycles. The number of carbonyl (C=O) groups excluding carboxylic acids is 7. The van der Waals surface area contributed by atoms with Crippen molar-refractivity contribution in [2.75, 3.05) is 46.3 Å². The Morgan fingerprint density at radius 2 is 0.629 bits per heavy atom. The molecule has 0 unspecified atom stereocenters. The maximum Gasteiger partial charge on any atom is 0.221 e. The van der Waals surface area contributed by atoms with Gasteiger partial charge in [0.2, 0.25) is 41.4 Å². The first-order valence-corrected chi connectivity index (χ1v) is 11.4. The van der Waals surface area contributed by atoms with Gasteiger partial charge in [0.25, 0.3) is 0 Å². The van der Waals surface area contributed by atoms with Crippen LogP contribution in [-0.2, 0) is 33.6 Å². The smallest absolute Gasteiger partial charge is 0.221 e. The van der Waals surface area contributed by atoms with Gasteiger partial charge in [-0.3, -0.25) is 33.6 Å². The highest BCUT2D eigenvalue weighted by atomic mass is 16.2. The maximum absolute atomic E-state index is 11.8. The predicted molar refractivity (Wildman–Crippen MR) is 126 cm³/mol. The normalized spacial score (nSPS) is 9.89. The second-order valence-electron chi connectivity index (χ2n) is 7.41. The number of amides is 7. The van der Waals surface area contributed by atoms with Gasteiger partial charge in [0.1, 0.15) is 0 Å². The first-order chi connectivity index (χ1) is 16.6. The van der Waals surface area contributed by atoms with E-state index in [9.17, 15) is 33.6 Å². The van der Waals surface area contributed by atoms with E-state index < -0.39 is 0 Å². The Kier molecular flexibility index (Phi) is 17.6. The van der Waals surface area contributed by atoms with Gasteiger partial charge in [-0.1, -0.05) is 0 Å². The third-order valence-electron chi connectivity index (χ3n) is 4.38. The summed E-state index contributed by atoms with van der Waals surface area (Å²) in [6.45, 7) is 2.30. The highest BCUT2D eigenvalue weighted by Gasteiger charge is 2.08. The molecular formula is C21H37N7O7. The molecule has 0 fully saturated rings. The van der Waals surface area contributed by atoms with E-state index in [1.54, 1.807) is 0 Å². The summed E-state index contributed by atoms with van der Waals surface area (Å²) >= 11 is 0. The standard InChI is InChI=1S/C21H37N7O7/c1-15(29)23-9-4-17(31)25-11-6-19(33)27-13-8-21(35)28-14-7-20(34)26-12-5-18(32)24-10-3-16(30)22-2/h3-14H2,1-2H3,(H,22,30)(H,23,29)(H,24,32)(H,25,31)(H,26,34)(H,27,33)(H,28,35). The SMILES string of the molecule is CNC(=O)CCNC(=O)CCNC(=O)CCNC(=O)CCNC(=O)CCNC(=O)CCNC(C)=O. The molecule has 0 aliphatic rings. The van der Waals surface area contributed by atoms with Crippen LogP contribution >= 0.6 is 0 Å². The first kappa shape index (κ1) is 31.3. The number of rotatable bonds is 18. The minimum atomic E-state index is -0.333. The van der Waals surface area contributed by atoms with Crippen LogP contribution in [0.3, 0.4) is 0 Å². The van der Waals surface area contributed by atoms with E-state index in [2.05, 4.69) is 37.2 Å². The molecule has 7 N–H and O–H groups in total. The van der Waals surface area contributed by atoms with E-state index >= 15 is 0 Å². The van der Waals surface area contributed by atoms with Crippen LogP contribution in [0, 0.1) is 0 Å². The van der Waals surface area contributed by atoms with Crippen molar-refractivity contribution in [2.45, 2.75) is 45.4 Å². The molecule has 7 amide bonds. The van der Waals surface area contributed by atoms with Crippen molar-refractivity contribution < 1.29 is 33.6 Å². The van der Waals surface area contributed by atoms with E-state index in [1.807, 2.05) is 0 Å². The Morgan fingerprint density at radius 3 is 0.857 bits per heavy atom. The number of carbonyl (C=O) groups is 7. The summed E-state index contributed by atoms with van der Waals surface area (Å²) < 4.78 is 0. The summed E-state index contributed by atoms with van der Waals surface area (Å²) in [6.07, 6.45) is 0.504. The van der Waals surface area contributed by atoms with Gasteiger partial charge in [-0.25, -0.2) is 0 Å². The highest BCUT2D eigenvalue weighted by molar-refractivity contribution is 5.82. The van der Waals surface area contributed by atoms with Crippen LogP contribution in [0.4, 0.5) is 0 Å².